The van der Waals surface area contributed by atoms with Gasteiger partial charge in [-0.2, -0.15) is 0 Å². The van der Waals surface area contributed by atoms with Crippen LogP contribution in [0.25, 0.3) is 6.08 Å². The van der Waals surface area contributed by atoms with Crippen molar-refractivity contribution in [1.82, 2.24) is 4.90 Å². The summed E-state index contributed by atoms with van der Waals surface area (Å²) in [6, 6.07) is 5.37. The van der Waals surface area contributed by atoms with Crippen LogP contribution in [0.15, 0.2) is 23.1 Å². The summed E-state index contributed by atoms with van der Waals surface area (Å²) < 4.78 is 0.574. The molecule has 0 atom stereocenters. The summed E-state index contributed by atoms with van der Waals surface area (Å²) in [6.45, 7) is 3.86. The summed E-state index contributed by atoms with van der Waals surface area (Å²) in [6.07, 6.45) is 1.73. The number of thioether (sulfide) groups is 1. The normalized spacial score (nSPS) is 17.9. The van der Waals surface area contributed by atoms with Crippen LogP contribution < -0.4 is 0 Å². The molecule has 0 aliphatic carbocycles. The lowest BCUT2D eigenvalue weighted by Gasteiger charge is -2.18. The number of hydrogen-bond acceptors (Lipinski definition) is 3. The van der Waals surface area contributed by atoms with Gasteiger partial charge in [-0.1, -0.05) is 59.3 Å². The molecule has 1 aromatic carbocycles. The molecule has 0 bridgehead atoms. The van der Waals surface area contributed by atoms with Crippen molar-refractivity contribution >= 4 is 63.5 Å². The molecule has 6 heteroatoms. The summed E-state index contributed by atoms with van der Waals surface area (Å²) in [7, 11) is 0. The standard InChI is InChI=1S/C13H11Cl2NOS2/c1-7(2)16-12(17)10(19-13(16)18)6-8-4-3-5-9(14)11(8)15/h3-7H,1-2H3/b10-6-. The number of benzene rings is 1. The molecule has 2 nitrogen and oxygen atoms in total. The van der Waals surface area contributed by atoms with Crippen LogP contribution in [-0.2, 0) is 4.79 Å². The van der Waals surface area contributed by atoms with Crippen LogP contribution in [-0.4, -0.2) is 21.2 Å². The van der Waals surface area contributed by atoms with E-state index in [-0.39, 0.29) is 11.9 Å². The van der Waals surface area contributed by atoms with Crippen molar-refractivity contribution in [1.29, 1.82) is 0 Å². The van der Waals surface area contributed by atoms with Gasteiger partial charge in [0.05, 0.1) is 15.0 Å². The van der Waals surface area contributed by atoms with Gasteiger partial charge in [0, 0.05) is 6.04 Å². The molecule has 19 heavy (non-hydrogen) atoms. The Balaban J connectivity index is 2.38. The summed E-state index contributed by atoms with van der Waals surface area (Å²) in [5, 5.41) is 0.911. The van der Waals surface area contributed by atoms with Crippen molar-refractivity contribution in [3.8, 4) is 0 Å². The highest BCUT2D eigenvalue weighted by molar-refractivity contribution is 8.26. The number of thiocarbonyl (C=S) groups is 1. The van der Waals surface area contributed by atoms with Crippen LogP contribution in [0.5, 0.6) is 0 Å². The van der Waals surface area contributed by atoms with Crippen molar-refractivity contribution < 1.29 is 4.79 Å². The average molecular weight is 332 g/mol. The van der Waals surface area contributed by atoms with E-state index in [0.717, 1.165) is 5.56 Å². The van der Waals surface area contributed by atoms with Gasteiger partial charge in [0.2, 0.25) is 0 Å². The fourth-order valence-corrected chi connectivity index (χ4v) is 3.58. The van der Waals surface area contributed by atoms with E-state index in [9.17, 15) is 4.79 Å². The van der Waals surface area contributed by atoms with Crippen LogP contribution in [0.4, 0.5) is 0 Å². The molecule has 1 fully saturated rings. The second kappa shape index (κ2) is 5.83. The van der Waals surface area contributed by atoms with Gasteiger partial charge in [0.15, 0.2) is 0 Å². The third-order valence-electron chi connectivity index (χ3n) is 2.61. The van der Waals surface area contributed by atoms with Gasteiger partial charge < -0.3 is 0 Å². The first-order chi connectivity index (χ1) is 8.91. The van der Waals surface area contributed by atoms with Gasteiger partial charge in [-0.05, 0) is 31.6 Å². The first-order valence-electron chi connectivity index (χ1n) is 5.63. The summed E-state index contributed by atoms with van der Waals surface area (Å²) in [4.78, 5) is 14.4. The molecule has 1 aliphatic heterocycles. The van der Waals surface area contributed by atoms with E-state index in [1.165, 1.54) is 11.8 Å². The zero-order chi connectivity index (χ0) is 14.2. The Morgan fingerprint density at radius 2 is 2.05 bits per heavy atom. The molecule has 0 radical (unpaired) electrons. The highest BCUT2D eigenvalue weighted by Crippen LogP contribution is 2.36. The Kier molecular flexibility index (Phi) is 4.56. The lowest BCUT2D eigenvalue weighted by molar-refractivity contribution is -0.123. The minimum atomic E-state index is -0.0824. The van der Waals surface area contributed by atoms with Crippen molar-refractivity contribution in [3.63, 3.8) is 0 Å². The monoisotopic (exact) mass is 331 g/mol. The molecule has 1 aromatic rings. The zero-order valence-corrected chi connectivity index (χ0v) is 13.5. The van der Waals surface area contributed by atoms with Crippen LogP contribution in [0, 0.1) is 0 Å². The van der Waals surface area contributed by atoms with Crippen molar-refractivity contribution in [2.24, 2.45) is 0 Å². The Morgan fingerprint density at radius 1 is 1.37 bits per heavy atom. The number of carbonyl (C=O) groups is 1. The summed E-state index contributed by atoms with van der Waals surface area (Å²) in [5.74, 6) is -0.0824. The van der Waals surface area contributed by atoms with E-state index in [0.29, 0.717) is 19.3 Å². The Bertz CT molecular complexity index is 584. The fraction of sp³-hybridized carbons (Fsp3) is 0.231. The van der Waals surface area contributed by atoms with Gasteiger partial charge in [0.1, 0.15) is 4.32 Å². The number of halogens is 2. The van der Waals surface area contributed by atoms with Gasteiger partial charge >= 0.3 is 0 Å². The quantitative estimate of drug-likeness (QED) is 0.583. The Hall–Kier alpha value is -0.550. The van der Waals surface area contributed by atoms with Crippen LogP contribution in [0.3, 0.4) is 0 Å². The topological polar surface area (TPSA) is 20.3 Å². The number of nitrogens with zero attached hydrogens (tertiary/aromatic N) is 1. The lowest BCUT2D eigenvalue weighted by atomic mass is 10.2. The molecule has 0 spiro atoms. The Morgan fingerprint density at radius 3 is 2.63 bits per heavy atom. The largest absolute Gasteiger partial charge is 0.290 e. The number of rotatable bonds is 2. The molecule has 1 heterocycles. The maximum atomic E-state index is 12.2. The first kappa shape index (κ1) is 14.9. The smallest absolute Gasteiger partial charge is 0.266 e. The van der Waals surface area contributed by atoms with Crippen LogP contribution >= 0.6 is 47.2 Å². The van der Waals surface area contributed by atoms with Crippen LogP contribution in [0.2, 0.25) is 10.0 Å². The number of hydrogen-bond donors (Lipinski definition) is 0. The molecule has 0 aromatic heterocycles. The third-order valence-corrected chi connectivity index (χ3v) is 4.77. The first-order valence-corrected chi connectivity index (χ1v) is 7.61. The van der Waals surface area contributed by atoms with E-state index in [2.05, 4.69) is 0 Å². The van der Waals surface area contributed by atoms with Crippen molar-refractivity contribution in [2.75, 3.05) is 0 Å². The second-order valence-electron chi connectivity index (χ2n) is 4.29. The molecule has 100 valence electrons. The van der Waals surface area contributed by atoms with Crippen molar-refractivity contribution in [2.45, 2.75) is 19.9 Å². The average Bonchev–Trinajstić information content (AvgIpc) is 2.60. The molecule has 1 amide bonds. The zero-order valence-electron chi connectivity index (χ0n) is 10.3. The fourth-order valence-electron chi connectivity index (χ4n) is 1.70. The molecule has 0 N–H and O–H groups in total. The van der Waals surface area contributed by atoms with Gasteiger partial charge in [-0.25, -0.2) is 0 Å². The van der Waals surface area contributed by atoms with E-state index in [1.807, 2.05) is 19.9 Å². The van der Waals surface area contributed by atoms with Gasteiger partial charge in [-0.15, -0.1) is 0 Å². The molecule has 1 saturated heterocycles. The maximum Gasteiger partial charge on any atom is 0.266 e. The van der Waals surface area contributed by atoms with E-state index < -0.39 is 0 Å². The van der Waals surface area contributed by atoms with E-state index >= 15 is 0 Å². The summed E-state index contributed by atoms with van der Waals surface area (Å²) in [5.41, 5.74) is 0.721. The molecular formula is C13H11Cl2NOS2. The predicted molar refractivity (Wildman–Crippen MR) is 86.6 cm³/mol. The molecule has 0 saturated carbocycles. The highest BCUT2D eigenvalue weighted by atomic mass is 35.5. The van der Waals surface area contributed by atoms with E-state index in [1.54, 1.807) is 23.1 Å². The minimum absolute atomic E-state index is 0.0493. The second-order valence-corrected chi connectivity index (χ2v) is 6.75. The predicted octanol–water partition coefficient (Wildman–Crippen LogP) is 4.60. The highest BCUT2D eigenvalue weighted by Gasteiger charge is 2.33. The van der Waals surface area contributed by atoms with Gasteiger partial charge in [-0.3, -0.25) is 9.69 Å². The number of carbonyl (C=O) groups excluding carboxylic acids is 1. The molecular weight excluding hydrogens is 321 g/mol. The molecule has 2 rings (SSSR count). The number of amides is 1. The third kappa shape index (κ3) is 2.97. The lowest BCUT2D eigenvalue weighted by Crippen LogP contribution is -2.34. The molecule has 0 unspecified atom stereocenters. The van der Waals surface area contributed by atoms with Crippen LogP contribution in [0.1, 0.15) is 19.4 Å². The maximum absolute atomic E-state index is 12.2. The summed E-state index contributed by atoms with van der Waals surface area (Å²) >= 11 is 18.6. The molecule has 1 aliphatic rings. The van der Waals surface area contributed by atoms with E-state index in [4.69, 9.17) is 35.4 Å². The minimum Gasteiger partial charge on any atom is -0.290 e. The van der Waals surface area contributed by atoms with Gasteiger partial charge in [0.25, 0.3) is 5.91 Å². The van der Waals surface area contributed by atoms with Crippen molar-refractivity contribution in [3.05, 3.63) is 38.7 Å². The Labute approximate surface area is 131 Å². The SMILES string of the molecule is CC(C)N1C(=O)/C(=C/c2cccc(Cl)c2Cl)SC1=S.